The maximum absolute atomic E-state index is 7.30. The third-order valence-corrected chi connectivity index (χ3v) is 8.40. The van der Waals surface area contributed by atoms with E-state index in [1.807, 2.05) is 0 Å². The Balaban J connectivity index is 1.59. The van der Waals surface area contributed by atoms with E-state index in [1.54, 1.807) is 7.11 Å². The Morgan fingerprint density at radius 2 is 1.42 bits per heavy atom. The summed E-state index contributed by atoms with van der Waals surface area (Å²) in [5, 5.41) is 2.27. The summed E-state index contributed by atoms with van der Waals surface area (Å²) in [5.41, 5.74) is 9.04. The zero-order chi connectivity index (χ0) is 26.1. The van der Waals surface area contributed by atoms with E-state index in [1.165, 1.54) is 33.2 Å². The minimum absolute atomic E-state index is 0.165. The van der Waals surface area contributed by atoms with Gasteiger partial charge in [0.25, 0.3) is 0 Å². The van der Waals surface area contributed by atoms with E-state index in [0.717, 1.165) is 33.6 Å². The van der Waals surface area contributed by atoms with Gasteiger partial charge in [0, 0.05) is 27.5 Å². The van der Waals surface area contributed by atoms with E-state index in [2.05, 4.69) is 130 Å². The fourth-order valence-corrected chi connectivity index (χ4v) is 6.55. The molecule has 0 spiro atoms. The molecule has 5 aromatic carbocycles. The lowest BCUT2D eigenvalue weighted by molar-refractivity contribution is 0.163. The highest BCUT2D eigenvalue weighted by Gasteiger charge is 2.44. The van der Waals surface area contributed by atoms with Crippen molar-refractivity contribution in [2.75, 3.05) is 7.11 Å². The van der Waals surface area contributed by atoms with Crippen LogP contribution in [0.3, 0.4) is 0 Å². The molecule has 1 aliphatic carbocycles. The van der Waals surface area contributed by atoms with Crippen LogP contribution < -0.4 is 9.47 Å². The van der Waals surface area contributed by atoms with E-state index < -0.39 is 5.60 Å². The van der Waals surface area contributed by atoms with Gasteiger partial charge in [-0.15, -0.1) is 0 Å². The number of benzene rings is 5. The third-order valence-electron chi connectivity index (χ3n) is 8.40. The van der Waals surface area contributed by atoms with Crippen LogP contribution in [0.1, 0.15) is 47.2 Å². The first-order valence-electron chi connectivity index (χ1n) is 13.2. The van der Waals surface area contributed by atoms with Gasteiger partial charge in [0.05, 0.1) is 7.11 Å². The molecule has 1 heterocycles. The first kappa shape index (κ1) is 22.9. The molecule has 0 fully saturated rings. The monoisotopic (exact) mass is 494 g/mol. The Labute approximate surface area is 224 Å². The molecule has 2 aliphatic rings. The molecule has 1 aliphatic heterocycles. The van der Waals surface area contributed by atoms with Crippen molar-refractivity contribution in [2.24, 2.45) is 0 Å². The zero-order valence-electron chi connectivity index (χ0n) is 22.2. The molecule has 186 valence electrons. The smallest absolute Gasteiger partial charge is 0.178 e. The van der Waals surface area contributed by atoms with Crippen LogP contribution in [0.4, 0.5) is 0 Å². The number of fused-ring (bicyclic) bond motifs is 8. The van der Waals surface area contributed by atoms with E-state index in [9.17, 15) is 0 Å². The van der Waals surface area contributed by atoms with Gasteiger partial charge in [0.15, 0.2) is 5.60 Å². The molecule has 0 aromatic heterocycles. The average molecular weight is 495 g/mol. The van der Waals surface area contributed by atoms with Gasteiger partial charge in [-0.3, -0.25) is 0 Å². The molecule has 2 heteroatoms. The minimum Gasteiger partial charge on any atom is -0.497 e. The van der Waals surface area contributed by atoms with Crippen molar-refractivity contribution in [3.05, 3.63) is 137 Å². The number of aryl methyl sites for hydroxylation is 1. The number of hydrogen-bond acceptors (Lipinski definition) is 2. The molecule has 0 unspecified atom stereocenters. The summed E-state index contributed by atoms with van der Waals surface area (Å²) in [6.07, 6.45) is 4.55. The highest BCUT2D eigenvalue weighted by atomic mass is 16.5. The van der Waals surface area contributed by atoms with E-state index in [0.29, 0.717) is 0 Å². The Bertz CT molecular complexity index is 1700. The minimum atomic E-state index is -0.744. The maximum Gasteiger partial charge on any atom is 0.178 e. The van der Waals surface area contributed by atoms with Gasteiger partial charge < -0.3 is 9.47 Å². The number of rotatable bonds is 3. The van der Waals surface area contributed by atoms with Crippen molar-refractivity contribution < 1.29 is 9.47 Å². The lowest BCUT2D eigenvalue weighted by Crippen LogP contribution is -2.35. The second-order valence-corrected chi connectivity index (χ2v) is 11.0. The van der Waals surface area contributed by atoms with Crippen molar-refractivity contribution in [1.29, 1.82) is 0 Å². The largest absolute Gasteiger partial charge is 0.497 e. The van der Waals surface area contributed by atoms with E-state index in [4.69, 9.17) is 9.47 Å². The fourth-order valence-electron chi connectivity index (χ4n) is 6.55. The van der Waals surface area contributed by atoms with Gasteiger partial charge in [-0.1, -0.05) is 104 Å². The molecule has 0 bridgehead atoms. The number of methoxy groups -OCH3 is 1. The molecule has 0 saturated heterocycles. The van der Waals surface area contributed by atoms with Crippen LogP contribution in [-0.4, -0.2) is 7.11 Å². The lowest BCUT2D eigenvalue weighted by Gasteiger charge is -2.38. The van der Waals surface area contributed by atoms with Crippen molar-refractivity contribution in [1.82, 2.24) is 0 Å². The Kier molecular flexibility index (Phi) is 4.87. The number of ether oxygens (including phenoxy) is 2. The summed E-state index contributed by atoms with van der Waals surface area (Å²) in [7, 11) is 1.72. The molecule has 7 rings (SSSR count). The molecule has 38 heavy (non-hydrogen) atoms. The Morgan fingerprint density at radius 3 is 2.08 bits per heavy atom. The van der Waals surface area contributed by atoms with E-state index in [-0.39, 0.29) is 5.41 Å². The predicted octanol–water partition coefficient (Wildman–Crippen LogP) is 8.81. The molecule has 0 amide bonds. The van der Waals surface area contributed by atoms with Crippen LogP contribution in [0.15, 0.2) is 103 Å². The van der Waals surface area contributed by atoms with Crippen molar-refractivity contribution in [3.63, 3.8) is 0 Å². The van der Waals surface area contributed by atoms with Gasteiger partial charge in [-0.25, -0.2) is 0 Å². The first-order chi connectivity index (χ1) is 18.4. The van der Waals surface area contributed by atoms with Crippen molar-refractivity contribution >= 4 is 16.8 Å². The quantitative estimate of drug-likeness (QED) is 0.249. The van der Waals surface area contributed by atoms with Gasteiger partial charge in [-0.2, -0.15) is 0 Å². The van der Waals surface area contributed by atoms with Crippen LogP contribution in [0.5, 0.6) is 11.5 Å². The van der Waals surface area contributed by atoms with Crippen LogP contribution in [-0.2, 0) is 11.0 Å². The van der Waals surface area contributed by atoms with Crippen LogP contribution in [0.2, 0.25) is 0 Å². The topological polar surface area (TPSA) is 18.5 Å². The van der Waals surface area contributed by atoms with Crippen LogP contribution in [0, 0.1) is 6.92 Å². The summed E-state index contributed by atoms with van der Waals surface area (Å²) in [6, 6.07) is 34.3. The molecule has 0 N–H and O–H groups in total. The van der Waals surface area contributed by atoms with Crippen molar-refractivity contribution in [3.8, 4) is 22.6 Å². The summed E-state index contributed by atoms with van der Waals surface area (Å²) in [6.45, 7) is 6.86. The molecule has 0 radical (unpaired) electrons. The van der Waals surface area contributed by atoms with Gasteiger partial charge in [0.2, 0.25) is 0 Å². The Hall–Kier alpha value is -4.30. The standard InChI is InChI=1S/C36H30O2/c1-23-15-17-28-31(21-23)35(2,3)33-29-19-20-36(24-11-7-5-8-12-24,25-13-9-6-10-14-25)38-34(29)30-22-26(37-4)16-18-27(30)32(28)33/h5-22H,1-4H3. The summed E-state index contributed by atoms with van der Waals surface area (Å²) in [4.78, 5) is 0. The van der Waals surface area contributed by atoms with Crippen LogP contribution in [0.25, 0.3) is 28.0 Å². The highest BCUT2D eigenvalue weighted by Crippen LogP contribution is 2.58. The average Bonchev–Trinajstić information content (AvgIpc) is 3.19. The summed E-state index contributed by atoms with van der Waals surface area (Å²) in [5.74, 6) is 1.73. The lowest BCUT2D eigenvalue weighted by atomic mass is 9.76. The summed E-state index contributed by atoms with van der Waals surface area (Å²) >= 11 is 0. The zero-order valence-corrected chi connectivity index (χ0v) is 22.2. The molecule has 0 atom stereocenters. The maximum atomic E-state index is 7.30. The van der Waals surface area contributed by atoms with Crippen molar-refractivity contribution in [2.45, 2.75) is 31.8 Å². The van der Waals surface area contributed by atoms with Gasteiger partial charge in [-0.05, 0) is 58.8 Å². The molecular weight excluding hydrogens is 464 g/mol. The van der Waals surface area contributed by atoms with E-state index >= 15 is 0 Å². The SMILES string of the molecule is COc1ccc2c3c(c4c(c2c1)OC(c1ccccc1)(c1ccccc1)C=C4)C(C)(C)c1cc(C)ccc1-3. The molecule has 0 saturated carbocycles. The molecule has 2 nitrogen and oxygen atoms in total. The first-order valence-corrected chi connectivity index (χ1v) is 13.2. The normalized spacial score (nSPS) is 15.9. The van der Waals surface area contributed by atoms with Gasteiger partial charge >= 0.3 is 0 Å². The fraction of sp³-hybridized carbons (Fsp3) is 0.167. The molecular formula is C36H30O2. The predicted molar refractivity (Wildman–Crippen MR) is 156 cm³/mol. The highest BCUT2D eigenvalue weighted by molar-refractivity contribution is 6.09. The number of hydrogen-bond donors (Lipinski definition) is 0. The van der Waals surface area contributed by atoms with Crippen LogP contribution >= 0.6 is 0 Å². The Morgan fingerprint density at radius 1 is 0.737 bits per heavy atom. The van der Waals surface area contributed by atoms with Gasteiger partial charge in [0.1, 0.15) is 11.5 Å². The second kappa shape index (κ2) is 8.10. The second-order valence-electron chi connectivity index (χ2n) is 11.0. The summed E-state index contributed by atoms with van der Waals surface area (Å²) < 4.78 is 13.0. The molecule has 5 aromatic rings. The third kappa shape index (κ3) is 3.07.